The first kappa shape index (κ1) is 10.3. The SMILES string of the molecule is COc1cc(CCON)ccc1Cl. The Labute approximate surface area is 82.4 Å². The Morgan fingerprint density at radius 1 is 1.46 bits per heavy atom. The van der Waals surface area contributed by atoms with Gasteiger partial charge in [-0.05, 0) is 24.1 Å². The maximum Gasteiger partial charge on any atom is 0.137 e. The maximum atomic E-state index is 5.85. The quantitative estimate of drug-likeness (QED) is 0.756. The second-order valence-corrected chi connectivity index (χ2v) is 3.00. The Morgan fingerprint density at radius 3 is 2.85 bits per heavy atom. The summed E-state index contributed by atoms with van der Waals surface area (Å²) in [6.07, 6.45) is 0.754. The van der Waals surface area contributed by atoms with Gasteiger partial charge in [0.05, 0.1) is 18.7 Å². The topological polar surface area (TPSA) is 44.5 Å². The van der Waals surface area contributed by atoms with Gasteiger partial charge in [0.25, 0.3) is 0 Å². The molecular formula is C9H12ClNO2. The number of ether oxygens (including phenoxy) is 1. The third kappa shape index (κ3) is 2.88. The lowest BCUT2D eigenvalue weighted by molar-refractivity contribution is 0.141. The van der Waals surface area contributed by atoms with Crippen LogP contribution in [-0.2, 0) is 11.3 Å². The average molecular weight is 202 g/mol. The summed E-state index contributed by atoms with van der Waals surface area (Å²) in [5.74, 6) is 5.60. The van der Waals surface area contributed by atoms with Gasteiger partial charge >= 0.3 is 0 Å². The maximum absolute atomic E-state index is 5.85. The van der Waals surface area contributed by atoms with E-state index >= 15 is 0 Å². The number of hydrogen-bond acceptors (Lipinski definition) is 3. The zero-order valence-corrected chi connectivity index (χ0v) is 8.17. The third-order valence-electron chi connectivity index (χ3n) is 1.72. The minimum Gasteiger partial charge on any atom is -0.495 e. The van der Waals surface area contributed by atoms with Gasteiger partial charge in [-0.2, -0.15) is 0 Å². The van der Waals surface area contributed by atoms with Crippen LogP contribution in [0.5, 0.6) is 5.75 Å². The highest BCUT2D eigenvalue weighted by Gasteiger charge is 2.01. The highest BCUT2D eigenvalue weighted by Crippen LogP contribution is 2.24. The van der Waals surface area contributed by atoms with Gasteiger partial charge in [0.1, 0.15) is 5.75 Å². The summed E-state index contributed by atoms with van der Waals surface area (Å²) in [5, 5.41) is 0.611. The first-order chi connectivity index (χ1) is 6.27. The molecule has 0 aliphatic heterocycles. The first-order valence-electron chi connectivity index (χ1n) is 3.92. The van der Waals surface area contributed by atoms with Crippen LogP contribution in [0.1, 0.15) is 5.56 Å². The molecule has 0 fully saturated rings. The summed E-state index contributed by atoms with van der Waals surface area (Å²) in [6.45, 7) is 0.491. The summed E-state index contributed by atoms with van der Waals surface area (Å²) in [4.78, 5) is 4.48. The van der Waals surface area contributed by atoms with Crippen molar-refractivity contribution < 1.29 is 9.57 Å². The molecule has 0 radical (unpaired) electrons. The standard InChI is InChI=1S/C9H12ClNO2/c1-12-9-6-7(4-5-13-11)2-3-8(9)10/h2-3,6H,4-5,11H2,1H3. The van der Waals surface area contributed by atoms with E-state index < -0.39 is 0 Å². The second-order valence-electron chi connectivity index (χ2n) is 2.59. The zero-order chi connectivity index (χ0) is 9.68. The van der Waals surface area contributed by atoms with Crippen LogP contribution in [0.2, 0.25) is 5.02 Å². The van der Waals surface area contributed by atoms with Crippen LogP contribution < -0.4 is 10.6 Å². The van der Waals surface area contributed by atoms with Gasteiger partial charge in [-0.15, -0.1) is 0 Å². The molecule has 0 aliphatic rings. The molecule has 1 rings (SSSR count). The normalized spacial score (nSPS) is 10.1. The largest absolute Gasteiger partial charge is 0.495 e. The van der Waals surface area contributed by atoms with Crippen LogP contribution in [-0.4, -0.2) is 13.7 Å². The molecule has 13 heavy (non-hydrogen) atoms. The summed E-state index contributed by atoms with van der Waals surface area (Å²) in [7, 11) is 1.59. The van der Waals surface area contributed by atoms with Crippen molar-refractivity contribution in [2.24, 2.45) is 5.90 Å². The van der Waals surface area contributed by atoms with Gasteiger partial charge in [-0.3, -0.25) is 0 Å². The minimum atomic E-state index is 0.491. The van der Waals surface area contributed by atoms with E-state index in [0.29, 0.717) is 17.4 Å². The Morgan fingerprint density at radius 2 is 2.23 bits per heavy atom. The fourth-order valence-corrected chi connectivity index (χ4v) is 1.23. The van der Waals surface area contributed by atoms with E-state index in [-0.39, 0.29) is 0 Å². The fourth-order valence-electron chi connectivity index (χ4n) is 1.04. The van der Waals surface area contributed by atoms with E-state index in [0.717, 1.165) is 12.0 Å². The monoisotopic (exact) mass is 201 g/mol. The molecule has 1 aromatic rings. The van der Waals surface area contributed by atoms with E-state index in [1.54, 1.807) is 13.2 Å². The molecular weight excluding hydrogens is 190 g/mol. The Bertz CT molecular complexity index is 278. The van der Waals surface area contributed by atoms with Crippen LogP contribution in [0, 0.1) is 0 Å². The Hall–Kier alpha value is -0.770. The molecule has 0 bridgehead atoms. The van der Waals surface area contributed by atoms with Gasteiger partial charge in [-0.1, -0.05) is 17.7 Å². The van der Waals surface area contributed by atoms with Crippen LogP contribution in [0.15, 0.2) is 18.2 Å². The fraction of sp³-hybridized carbons (Fsp3) is 0.333. The number of hydrogen-bond donors (Lipinski definition) is 1. The van der Waals surface area contributed by atoms with Crippen LogP contribution in [0.3, 0.4) is 0 Å². The molecule has 0 atom stereocenters. The van der Waals surface area contributed by atoms with Gasteiger partial charge < -0.3 is 9.57 Å². The smallest absolute Gasteiger partial charge is 0.137 e. The number of methoxy groups -OCH3 is 1. The molecule has 0 aliphatic carbocycles. The van der Waals surface area contributed by atoms with E-state index in [1.165, 1.54) is 0 Å². The number of benzene rings is 1. The van der Waals surface area contributed by atoms with Gasteiger partial charge in [0.2, 0.25) is 0 Å². The van der Waals surface area contributed by atoms with E-state index in [1.807, 2.05) is 12.1 Å². The molecule has 0 saturated heterocycles. The number of nitrogens with two attached hydrogens (primary N) is 1. The predicted molar refractivity (Wildman–Crippen MR) is 51.8 cm³/mol. The van der Waals surface area contributed by atoms with Crippen molar-refractivity contribution in [1.82, 2.24) is 0 Å². The van der Waals surface area contributed by atoms with Crippen LogP contribution in [0.25, 0.3) is 0 Å². The van der Waals surface area contributed by atoms with Gasteiger partial charge in [-0.25, -0.2) is 5.90 Å². The molecule has 2 N–H and O–H groups in total. The lowest BCUT2D eigenvalue weighted by atomic mass is 10.1. The average Bonchev–Trinajstić information content (AvgIpc) is 2.16. The van der Waals surface area contributed by atoms with Crippen molar-refractivity contribution in [3.63, 3.8) is 0 Å². The molecule has 72 valence electrons. The molecule has 0 unspecified atom stereocenters. The van der Waals surface area contributed by atoms with Crippen LogP contribution >= 0.6 is 11.6 Å². The third-order valence-corrected chi connectivity index (χ3v) is 2.04. The Kier molecular flexibility index (Phi) is 4.02. The lowest BCUT2D eigenvalue weighted by Gasteiger charge is -2.05. The molecule has 0 spiro atoms. The molecule has 4 heteroatoms. The van der Waals surface area contributed by atoms with Crippen molar-refractivity contribution >= 4 is 11.6 Å². The summed E-state index contributed by atoms with van der Waals surface area (Å²) in [5.41, 5.74) is 1.09. The second kappa shape index (κ2) is 5.07. The minimum absolute atomic E-state index is 0.491. The van der Waals surface area contributed by atoms with E-state index in [2.05, 4.69) is 4.84 Å². The van der Waals surface area contributed by atoms with E-state index in [9.17, 15) is 0 Å². The van der Waals surface area contributed by atoms with Crippen molar-refractivity contribution in [3.05, 3.63) is 28.8 Å². The van der Waals surface area contributed by atoms with Gasteiger partial charge in [0, 0.05) is 0 Å². The molecule has 3 nitrogen and oxygen atoms in total. The Balaban J connectivity index is 2.74. The van der Waals surface area contributed by atoms with Crippen LogP contribution in [0.4, 0.5) is 0 Å². The van der Waals surface area contributed by atoms with Crippen molar-refractivity contribution in [1.29, 1.82) is 0 Å². The van der Waals surface area contributed by atoms with Crippen molar-refractivity contribution in [2.45, 2.75) is 6.42 Å². The number of rotatable bonds is 4. The first-order valence-corrected chi connectivity index (χ1v) is 4.30. The van der Waals surface area contributed by atoms with E-state index in [4.69, 9.17) is 22.2 Å². The summed E-state index contributed by atoms with van der Waals surface area (Å²) >= 11 is 5.85. The predicted octanol–water partition coefficient (Wildman–Crippen LogP) is 1.78. The zero-order valence-electron chi connectivity index (χ0n) is 7.42. The molecule has 0 amide bonds. The van der Waals surface area contributed by atoms with Crippen molar-refractivity contribution in [2.75, 3.05) is 13.7 Å². The summed E-state index contributed by atoms with van der Waals surface area (Å²) < 4.78 is 5.06. The molecule has 0 saturated carbocycles. The highest BCUT2D eigenvalue weighted by molar-refractivity contribution is 6.32. The molecule has 0 aromatic heterocycles. The summed E-state index contributed by atoms with van der Waals surface area (Å²) in [6, 6.07) is 5.59. The number of halogens is 1. The van der Waals surface area contributed by atoms with Gasteiger partial charge in [0.15, 0.2) is 0 Å². The van der Waals surface area contributed by atoms with Crippen molar-refractivity contribution in [3.8, 4) is 5.75 Å². The molecule has 1 aromatic carbocycles. The highest BCUT2D eigenvalue weighted by atomic mass is 35.5. The molecule has 0 heterocycles. The lowest BCUT2D eigenvalue weighted by Crippen LogP contribution is -2.03.